The van der Waals surface area contributed by atoms with E-state index in [0.29, 0.717) is 0 Å². The van der Waals surface area contributed by atoms with Crippen molar-refractivity contribution in [3.8, 4) is 11.3 Å². The molecule has 114 valence electrons. The maximum absolute atomic E-state index is 8.23. The first-order valence-corrected chi connectivity index (χ1v) is 7.82. The fraction of sp³-hybridized carbons (Fsp3) is 0.190. The molecular formula is C21H19NO. The first-order valence-electron chi connectivity index (χ1n) is 8.32. The lowest BCUT2D eigenvalue weighted by Gasteiger charge is -2.07. The van der Waals surface area contributed by atoms with Crippen LogP contribution in [0.2, 0.25) is 0 Å². The SMILES string of the molecule is [2H]C(C)(C)c1ccnc(-c2ccc3oc4ccc(C)cc4c3c2)c1. The number of hydrogen-bond acceptors (Lipinski definition) is 2. The van der Waals surface area contributed by atoms with Crippen LogP contribution in [0, 0.1) is 6.92 Å². The molecule has 0 fully saturated rings. The van der Waals surface area contributed by atoms with Gasteiger partial charge in [0.2, 0.25) is 0 Å². The van der Waals surface area contributed by atoms with Crippen LogP contribution in [0.4, 0.5) is 0 Å². The van der Waals surface area contributed by atoms with Crippen molar-refractivity contribution in [3.05, 3.63) is 65.9 Å². The van der Waals surface area contributed by atoms with Gasteiger partial charge in [0.05, 0.1) is 5.69 Å². The average Bonchev–Trinajstić information content (AvgIpc) is 2.91. The monoisotopic (exact) mass is 302 g/mol. The Bertz CT molecular complexity index is 1060. The maximum Gasteiger partial charge on any atom is 0.135 e. The summed E-state index contributed by atoms with van der Waals surface area (Å²) >= 11 is 0. The molecule has 0 bridgehead atoms. The number of aromatic nitrogens is 1. The molecular weight excluding hydrogens is 282 g/mol. The Labute approximate surface area is 137 Å². The van der Waals surface area contributed by atoms with Gasteiger partial charge < -0.3 is 4.42 Å². The second kappa shape index (κ2) is 5.24. The molecule has 0 saturated carbocycles. The van der Waals surface area contributed by atoms with Crippen LogP contribution in [-0.4, -0.2) is 4.98 Å². The molecule has 2 heterocycles. The molecule has 0 atom stereocenters. The molecule has 0 saturated heterocycles. The summed E-state index contributed by atoms with van der Waals surface area (Å²) in [6, 6.07) is 16.3. The summed E-state index contributed by atoms with van der Waals surface area (Å²) in [7, 11) is 0. The lowest BCUT2D eigenvalue weighted by molar-refractivity contribution is 0.669. The van der Waals surface area contributed by atoms with E-state index in [1.54, 1.807) is 6.20 Å². The van der Waals surface area contributed by atoms with Crippen LogP contribution in [0.15, 0.2) is 59.1 Å². The number of benzene rings is 2. The van der Waals surface area contributed by atoms with Crippen molar-refractivity contribution >= 4 is 21.9 Å². The first kappa shape index (κ1) is 12.9. The van der Waals surface area contributed by atoms with Crippen LogP contribution in [0.3, 0.4) is 0 Å². The van der Waals surface area contributed by atoms with Crippen LogP contribution in [0.25, 0.3) is 33.2 Å². The van der Waals surface area contributed by atoms with Crippen LogP contribution < -0.4 is 0 Å². The zero-order chi connectivity index (χ0) is 16.9. The number of nitrogens with zero attached hydrogens (tertiary/aromatic N) is 1. The zero-order valence-corrected chi connectivity index (χ0v) is 13.6. The minimum atomic E-state index is -0.638. The molecule has 0 N–H and O–H groups in total. The minimum absolute atomic E-state index is 0.638. The largest absolute Gasteiger partial charge is 0.456 e. The van der Waals surface area contributed by atoms with E-state index in [2.05, 4.69) is 30.1 Å². The molecule has 4 aromatic rings. The van der Waals surface area contributed by atoms with Gasteiger partial charge in [0.25, 0.3) is 0 Å². The van der Waals surface area contributed by atoms with Crippen molar-refractivity contribution in [1.29, 1.82) is 0 Å². The van der Waals surface area contributed by atoms with E-state index in [9.17, 15) is 0 Å². The first-order chi connectivity index (χ1) is 11.4. The van der Waals surface area contributed by atoms with Crippen LogP contribution in [0.1, 0.15) is 32.2 Å². The smallest absolute Gasteiger partial charge is 0.135 e. The summed E-state index contributed by atoms with van der Waals surface area (Å²) in [6.07, 6.45) is 1.78. The predicted molar refractivity (Wildman–Crippen MR) is 95.8 cm³/mol. The van der Waals surface area contributed by atoms with Gasteiger partial charge in [-0.3, -0.25) is 4.98 Å². The fourth-order valence-electron chi connectivity index (χ4n) is 2.95. The summed E-state index contributed by atoms with van der Waals surface area (Å²) < 4.78 is 14.2. The number of rotatable bonds is 2. The van der Waals surface area contributed by atoms with E-state index >= 15 is 0 Å². The van der Waals surface area contributed by atoms with Gasteiger partial charge in [0, 0.05) is 23.9 Å². The molecule has 0 aliphatic carbocycles. The van der Waals surface area contributed by atoms with Gasteiger partial charge in [0.15, 0.2) is 0 Å². The molecule has 2 aromatic heterocycles. The van der Waals surface area contributed by atoms with E-state index in [1.807, 2.05) is 44.2 Å². The van der Waals surface area contributed by atoms with Crippen molar-refractivity contribution in [2.45, 2.75) is 26.7 Å². The third-order valence-corrected chi connectivity index (χ3v) is 4.26. The molecule has 0 amide bonds. The lowest BCUT2D eigenvalue weighted by Crippen LogP contribution is -1.90. The fourth-order valence-corrected chi connectivity index (χ4v) is 2.95. The number of pyridine rings is 1. The highest BCUT2D eigenvalue weighted by atomic mass is 16.3. The number of fused-ring (bicyclic) bond motifs is 3. The highest BCUT2D eigenvalue weighted by Gasteiger charge is 2.10. The quantitative estimate of drug-likeness (QED) is 0.448. The van der Waals surface area contributed by atoms with Gasteiger partial charge in [0.1, 0.15) is 11.2 Å². The summed E-state index contributed by atoms with van der Waals surface area (Å²) in [5.74, 6) is -0.638. The van der Waals surface area contributed by atoms with Gasteiger partial charge in [-0.15, -0.1) is 0 Å². The van der Waals surface area contributed by atoms with E-state index in [0.717, 1.165) is 38.8 Å². The van der Waals surface area contributed by atoms with Gasteiger partial charge in [-0.1, -0.05) is 25.5 Å². The highest BCUT2D eigenvalue weighted by molar-refractivity contribution is 6.06. The lowest BCUT2D eigenvalue weighted by atomic mass is 10.0. The normalized spacial score (nSPS) is 12.7. The number of hydrogen-bond donors (Lipinski definition) is 0. The predicted octanol–water partition coefficient (Wildman–Crippen LogP) is 6.08. The van der Waals surface area contributed by atoms with Crippen LogP contribution in [0.5, 0.6) is 0 Å². The molecule has 0 aliphatic rings. The average molecular weight is 302 g/mol. The molecule has 2 nitrogen and oxygen atoms in total. The molecule has 4 rings (SSSR count). The highest BCUT2D eigenvalue weighted by Crippen LogP contribution is 2.32. The van der Waals surface area contributed by atoms with Gasteiger partial charge >= 0.3 is 0 Å². The van der Waals surface area contributed by atoms with Crippen molar-refractivity contribution in [1.82, 2.24) is 4.98 Å². The van der Waals surface area contributed by atoms with Gasteiger partial charge in [-0.25, -0.2) is 0 Å². The molecule has 0 spiro atoms. The summed E-state index contributed by atoms with van der Waals surface area (Å²) in [5.41, 5.74) is 5.89. The van der Waals surface area contributed by atoms with E-state index in [1.165, 1.54) is 5.56 Å². The molecule has 0 radical (unpaired) electrons. The molecule has 2 aromatic carbocycles. The minimum Gasteiger partial charge on any atom is -0.456 e. The van der Waals surface area contributed by atoms with E-state index in [4.69, 9.17) is 5.79 Å². The Hall–Kier alpha value is -2.61. The van der Waals surface area contributed by atoms with Gasteiger partial charge in [-0.2, -0.15) is 0 Å². The molecule has 0 aliphatic heterocycles. The van der Waals surface area contributed by atoms with E-state index in [-0.39, 0.29) is 0 Å². The Morgan fingerprint density at radius 2 is 1.70 bits per heavy atom. The topological polar surface area (TPSA) is 26.0 Å². The third kappa shape index (κ3) is 2.40. The number of furan rings is 1. The van der Waals surface area contributed by atoms with Gasteiger partial charge in [-0.05, 0) is 60.8 Å². The Morgan fingerprint density at radius 3 is 2.48 bits per heavy atom. The van der Waals surface area contributed by atoms with Crippen LogP contribution >= 0.6 is 0 Å². The standard InChI is InChI=1S/C21H19NO/c1-13(2)15-8-9-22-19(12-15)16-5-7-21-18(11-16)17-10-14(3)4-6-20(17)23-21/h4-13H,1-3H3/i13D. The third-order valence-electron chi connectivity index (χ3n) is 4.26. The Morgan fingerprint density at radius 1 is 0.957 bits per heavy atom. The zero-order valence-electron chi connectivity index (χ0n) is 14.6. The summed E-state index contributed by atoms with van der Waals surface area (Å²) in [4.78, 5) is 4.50. The molecule has 23 heavy (non-hydrogen) atoms. The Balaban J connectivity index is 1.91. The van der Waals surface area contributed by atoms with Crippen molar-refractivity contribution in [2.75, 3.05) is 0 Å². The summed E-state index contributed by atoms with van der Waals surface area (Å²) in [6.45, 7) is 5.87. The molecule has 0 unspecified atom stereocenters. The van der Waals surface area contributed by atoms with Crippen molar-refractivity contribution < 1.29 is 5.79 Å². The summed E-state index contributed by atoms with van der Waals surface area (Å²) in [5, 5.41) is 2.23. The maximum atomic E-state index is 8.23. The second-order valence-corrected chi connectivity index (χ2v) is 6.24. The van der Waals surface area contributed by atoms with E-state index < -0.39 is 5.89 Å². The Kier molecular flexibility index (Phi) is 2.93. The van der Waals surface area contributed by atoms with Crippen molar-refractivity contribution in [3.63, 3.8) is 0 Å². The second-order valence-electron chi connectivity index (χ2n) is 6.24. The number of aryl methyl sites for hydroxylation is 1. The van der Waals surface area contributed by atoms with Crippen molar-refractivity contribution in [2.24, 2.45) is 0 Å². The molecule has 2 heteroatoms. The van der Waals surface area contributed by atoms with Crippen LogP contribution in [-0.2, 0) is 0 Å².